The normalized spacial score (nSPS) is 17.5. The fourth-order valence-electron chi connectivity index (χ4n) is 5.82. The van der Waals surface area contributed by atoms with Crippen LogP contribution in [0.5, 0.6) is 0 Å². The van der Waals surface area contributed by atoms with Crippen molar-refractivity contribution in [1.29, 1.82) is 0 Å². The predicted molar refractivity (Wildman–Crippen MR) is 178 cm³/mol. The number of nitrogens with one attached hydrogen (secondary N) is 2. The van der Waals surface area contributed by atoms with Crippen molar-refractivity contribution in [3.63, 3.8) is 0 Å². The number of nitrogens with zero attached hydrogens (tertiary/aromatic N) is 2. The molecule has 5 atom stereocenters. The number of alkyl halides is 3. The van der Waals surface area contributed by atoms with E-state index in [0.29, 0.717) is 12.0 Å². The van der Waals surface area contributed by atoms with E-state index in [1.165, 1.54) is 14.1 Å². The molecule has 1 aliphatic carbocycles. The number of sulfonamides is 1. The molecule has 0 spiro atoms. The molecule has 0 radical (unpaired) electrons. The van der Waals surface area contributed by atoms with Crippen molar-refractivity contribution >= 4 is 21.8 Å². The Bertz CT molecular complexity index is 1340. The Morgan fingerprint density at radius 1 is 0.979 bits per heavy atom. The van der Waals surface area contributed by atoms with Gasteiger partial charge in [0.1, 0.15) is 12.1 Å². The van der Waals surface area contributed by atoms with Gasteiger partial charge in [-0.15, -0.1) is 24.7 Å². The van der Waals surface area contributed by atoms with Gasteiger partial charge in [0.25, 0.3) is 0 Å². The number of rotatable bonds is 19. The van der Waals surface area contributed by atoms with E-state index in [-0.39, 0.29) is 38.3 Å². The summed E-state index contributed by atoms with van der Waals surface area (Å²) in [6, 6.07) is 6.46. The van der Waals surface area contributed by atoms with Crippen LogP contribution >= 0.6 is 0 Å². The molecule has 1 aromatic rings. The molecule has 2 rings (SSSR count). The molecule has 1 aliphatic rings. The molecule has 1 saturated carbocycles. The molecule has 2 unspecified atom stereocenters. The van der Waals surface area contributed by atoms with E-state index in [1.807, 2.05) is 0 Å². The van der Waals surface area contributed by atoms with E-state index in [1.54, 1.807) is 30.3 Å². The number of amides is 2. The smallest absolute Gasteiger partial charge is 0.389 e. The van der Waals surface area contributed by atoms with Crippen molar-refractivity contribution in [2.75, 3.05) is 39.5 Å². The summed E-state index contributed by atoms with van der Waals surface area (Å²) >= 11 is 0. The van der Waals surface area contributed by atoms with E-state index in [2.05, 4.69) is 22.5 Å². The lowest BCUT2D eigenvalue weighted by Gasteiger charge is -2.33. The topological polar surface area (TPSA) is 139 Å². The second-order valence-corrected chi connectivity index (χ2v) is 14.8. The number of aliphatic hydroxyl groups excluding tert-OH is 2. The number of likely N-dealkylation sites (N-methyl/N-ethyl adjacent to an activating group) is 2. The molecule has 2 amide bonds. The van der Waals surface area contributed by atoms with Crippen LogP contribution in [-0.2, 0) is 26.0 Å². The average Bonchev–Trinajstić information content (AvgIpc) is 3.02. The van der Waals surface area contributed by atoms with Gasteiger partial charge in [-0.1, -0.05) is 62.4 Å². The first-order valence-electron chi connectivity index (χ1n) is 16.1. The molecule has 0 saturated heterocycles. The standard InChI is InChI=1S/C34H49F3N4O6S/c1-5-13-28(33(45)39-29(31(43)30(42)14-6-2)22-26-17-11-8-12-18-26)38-32(44)27(21-25-15-9-7-10-16-25)23-48(46,47)41(4)20-19-40(3)24-34(35,36)37/h1-2,7,9-10,15-16,26-31,42-43H,8,11-14,17-24H2,3-4H3,(H,38,44)(H,39,45)/t27?,28-,29?,30-,31+/m0/s1. The van der Waals surface area contributed by atoms with E-state index >= 15 is 0 Å². The van der Waals surface area contributed by atoms with Crippen molar-refractivity contribution in [1.82, 2.24) is 19.8 Å². The van der Waals surface area contributed by atoms with Crippen LogP contribution < -0.4 is 10.6 Å². The maximum absolute atomic E-state index is 13.7. The maximum atomic E-state index is 13.7. The maximum Gasteiger partial charge on any atom is 0.401 e. The van der Waals surface area contributed by atoms with Gasteiger partial charge in [-0.3, -0.25) is 14.5 Å². The number of halogens is 3. The second-order valence-electron chi connectivity index (χ2n) is 12.6. The number of hydrogen-bond acceptors (Lipinski definition) is 7. The summed E-state index contributed by atoms with van der Waals surface area (Å²) in [6.07, 6.45) is 8.65. The van der Waals surface area contributed by atoms with Crippen molar-refractivity contribution in [2.24, 2.45) is 11.8 Å². The largest absolute Gasteiger partial charge is 0.401 e. The highest BCUT2D eigenvalue weighted by molar-refractivity contribution is 7.89. The zero-order valence-electron chi connectivity index (χ0n) is 27.7. The fourth-order valence-corrected chi connectivity index (χ4v) is 7.21. The van der Waals surface area contributed by atoms with Crippen molar-refractivity contribution in [2.45, 2.75) is 88.3 Å². The van der Waals surface area contributed by atoms with Gasteiger partial charge < -0.3 is 20.8 Å². The van der Waals surface area contributed by atoms with Crippen LogP contribution in [0.25, 0.3) is 0 Å². The van der Waals surface area contributed by atoms with Gasteiger partial charge in [0.05, 0.1) is 30.4 Å². The Morgan fingerprint density at radius 3 is 2.19 bits per heavy atom. The molecule has 0 bridgehead atoms. The average molecular weight is 699 g/mol. The zero-order valence-corrected chi connectivity index (χ0v) is 28.5. The first-order valence-corrected chi connectivity index (χ1v) is 17.7. The molecular formula is C34H49F3N4O6S. The van der Waals surface area contributed by atoms with E-state index in [4.69, 9.17) is 12.8 Å². The van der Waals surface area contributed by atoms with Gasteiger partial charge in [0.2, 0.25) is 21.8 Å². The van der Waals surface area contributed by atoms with Crippen LogP contribution in [0.3, 0.4) is 0 Å². The van der Waals surface area contributed by atoms with Crippen molar-refractivity contribution in [3.8, 4) is 24.7 Å². The molecule has 268 valence electrons. The van der Waals surface area contributed by atoms with Gasteiger partial charge in [0, 0.05) is 33.0 Å². The molecule has 0 aliphatic heterocycles. The first kappa shape index (κ1) is 41.0. The second kappa shape index (κ2) is 19.8. The number of aliphatic hydroxyl groups is 2. The molecule has 0 heterocycles. The minimum absolute atomic E-state index is 0.0145. The number of hydrogen-bond donors (Lipinski definition) is 4. The lowest BCUT2D eigenvalue weighted by Crippen LogP contribution is -2.56. The Morgan fingerprint density at radius 2 is 1.60 bits per heavy atom. The number of benzene rings is 1. The molecule has 48 heavy (non-hydrogen) atoms. The summed E-state index contributed by atoms with van der Waals surface area (Å²) in [5.74, 6) is 1.51. The van der Waals surface area contributed by atoms with Crippen molar-refractivity contribution < 1.29 is 41.4 Å². The van der Waals surface area contributed by atoms with Crippen LogP contribution in [0.2, 0.25) is 0 Å². The van der Waals surface area contributed by atoms with Gasteiger partial charge in [-0.25, -0.2) is 12.7 Å². The molecular weight excluding hydrogens is 649 g/mol. The third kappa shape index (κ3) is 14.5. The Balaban J connectivity index is 2.24. The highest BCUT2D eigenvalue weighted by Crippen LogP contribution is 2.29. The summed E-state index contributed by atoms with van der Waals surface area (Å²) < 4.78 is 65.8. The number of carbonyl (C=O) groups excluding carboxylic acids is 2. The molecule has 1 fully saturated rings. The van der Waals surface area contributed by atoms with Crippen molar-refractivity contribution in [3.05, 3.63) is 35.9 Å². The minimum Gasteiger partial charge on any atom is -0.389 e. The summed E-state index contributed by atoms with van der Waals surface area (Å²) in [7, 11) is -1.69. The van der Waals surface area contributed by atoms with Gasteiger partial charge >= 0.3 is 6.18 Å². The first-order chi connectivity index (χ1) is 22.6. The van der Waals surface area contributed by atoms with Crippen LogP contribution in [0.15, 0.2) is 30.3 Å². The Labute approximate surface area is 282 Å². The third-order valence-electron chi connectivity index (χ3n) is 8.56. The van der Waals surface area contributed by atoms with Crippen LogP contribution in [0.4, 0.5) is 13.2 Å². The minimum atomic E-state index is -4.44. The molecule has 10 nitrogen and oxygen atoms in total. The van der Waals surface area contributed by atoms with Crippen LogP contribution in [0.1, 0.15) is 56.9 Å². The monoisotopic (exact) mass is 698 g/mol. The predicted octanol–water partition coefficient (Wildman–Crippen LogP) is 2.31. The third-order valence-corrected chi connectivity index (χ3v) is 10.5. The molecule has 4 N–H and O–H groups in total. The van der Waals surface area contributed by atoms with E-state index in [0.717, 1.165) is 41.3 Å². The number of terminal acetylenes is 2. The van der Waals surface area contributed by atoms with Gasteiger partial charge in [-0.05, 0) is 31.4 Å². The SMILES string of the molecule is C#CC[C@H](NC(=O)C(Cc1ccccc1)CS(=O)(=O)N(C)CCN(C)CC(F)(F)F)C(=O)NC(CC1CCCCC1)[C@@H](O)[C@@H](O)CC#C. The Kier molecular flexibility index (Phi) is 16.9. The molecule has 0 aromatic heterocycles. The quantitative estimate of drug-likeness (QED) is 0.163. The fraction of sp³-hybridized carbons (Fsp3) is 0.647. The summed E-state index contributed by atoms with van der Waals surface area (Å²) in [4.78, 5) is 28.2. The zero-order chi connectivity index (χ0) is 35.9. The number of carbonyl (C=O) groups is 2. The summed E-state index contributed by atoms with van der Waals surface area (Å²) in [6.45, 7) is -1.65. The van der Waals surface area contributed by atoms with E-state index in [9.17, 15) is 41.4 Å². The van der Waals surface area contributed by atoms with Gasteiger partial charge in [0.15, 0.2) is 0 Å². The van der Waals surface area contributed by atoms with Crippen LogP contribution in [0, 0.1) is 36.5 Å². The van der Waals surface area contributed by atoms with E-state index < -0.39 is 70.5 Å². The highest BCUT2D eigenvalue weighted by Gasteiger charge is 2.35. The molecule has 1 aromatic carbocycles. The summed E-state index contributed by atoms with van der Waals surface area (Å²) in [5.41, 5.74) is 0.650. The van der Waals surface area contributed by atoms with Gasteiger partial charge in [-0.2, -0.15) is 13.2 Å². The lowest BCUT2D eigenvalue weighted by molar-refractivity contribution is -0.143. The molecule has 14 heteroatoms. The Hall–Kier alpha value is -3.14. The lowest BCUT2D eigenvalue weighted by atomic mass is 9.82. The highest BCUT2D eigenvalue weighted by atomic mass is 32.2. The van der Waals surface area contributed by atoms with Crippen LogP contribution in [-0.4, -0.2) is 110 Å². The summed E-state index contributed by atoms with van der Waals surface area (Å²) in [5, 5.41) is 26.7.